The summed E-state index contributed by atoms with van der Waals surface area (Å²) >= 11 is 0. The third kappa shape index (κ3) is 3.89. The number of aromatic nitrogens is 1. The Bertz CT molecular complexity index is 635. The van der Waals surface area contributed by atoms with Gasteiger partial charge in [0.25, 0.3) is 0 Å². The molecule has 1 aliphatic rings. The van der Waals surface area contributed by atoms with Crippen LogP contribution in [0.1, 0.15) is 44.7 Å². The van der Waals surface area contributed by atoms with Crippen molar-refractivity contribution >= 4 is 5.91 Å². The number of amides is 1. The van der Waals surface area contributed by atoms with Gasteiger partial charge in [0.05, 0.1) is 0 Å². The van der Waals surface area contributed by atoms with Crippen molar-refractivity contribution in [2.75, 3.05) is 0 Å². The molecule has 1 N–H and O–H groups in total. The third-order valence-electron chi connectivity index (χ3n) is 5.60. The molecule has 3 rings (SSSR count). The molecule has 0 saturated heterocycles. The summed E-state index contributed by atoms with van der Waals surface area (Å²) in [5.41, 5.74) is 1.19. The molecule has 0 unspecified atom stereocenters. The summed E-state index contributed by atoms with van der Waals surface area (Å²) in [6, 6.07) is 14.3. The molecule has 0 bridgehead atoms. The normalized spacial score (nSPS) is 25.2. The Hall–Kier alpha value is -2.03. The van der Waals surface area contributed by atoms with E-state index in [9.17, 15) is 4.79 Å². The molecule has 0 spiro atoms. The van der Waals surface area contributed by atoms with Crippen molar-refractivity contribution in [2.24, 2.45) is 11.8 Å². The highest BCUT2D eigenvalue weighted by molar-refractivity contribution is 5.81. The van der Waals surface area contributed by atoms with Crippen LogP contribution in [0.4, 0.5) is 0 Å². The lowest BCUT2D eigenvalue weighted by Crippen LogP contribution is -2.46. The topological polar surface area (TPSA) is 34.0 Å². The van der Waals surface area contributed by atoms with E-state index in [0.29, 0.717) is 17.9 Å². The van der Waals surface area contributed by atoms with E-state index in [1.54, 1.807) is 0 Å². The lowest BCUT2D eigenvalue weighted by molar-refractivity contribution is -0.125. The Balaban J connectivity index is 1.74. The molecule has 1 fully saturated rings. The van der Waals surface area contributed by atoms with Gasteiger partial charge in [-0.25, -0.2) is 0 Å². The lowest BCUT2D eigenvalue weighted by atomic mass is 9.78. The summed E-state index contributed by atoms with van der Waals surface area (Å²) in [6.45, 7) is 4.58. The number of hydrogen-bond donors (Lipinski definition) is 1. The van der Waals surface area contributed by atoms with Crippen LogP contribution < -0.4 is 5.32 Å². The first-order chi connectivity index (χ1) is 11.6. The largest absolute Gasteiger partial charge is 0.351 e. The molecule has 0 radical (unpaired) electrons. The van der Waals surface area contributed by atoms with E-state index >= 15 is 0 Å². The van der Waals surface area contributed by atoms with Crippen molar-refractivity contribution in [1.29, 1.82) is 0 Å². The minimum absolute atomic E-state index is 0.140. The second-order valence-electron chi connectivity index (χ2n) is 7.22. The lowest BCUT2D eigenvalue weighted by Gasteiger charge is -2.35. The van der Waals surface area contributed by atoms with Crippen molar-refractivity contribution in [3.05, 3.63) is 60.4 Å². The first kappa shape index (κ1) is 16.8. The molecule has 3 nitrogen and oxygen atoms in total. The van der Waals surface area contributed by atoms with Crippen molar-refractivity contribution in [2.45, 2.75) is 51.6 Å². The summed E-state index contributed by atoms with van der Waals surface area (Å²) < 4.78 is 2.03. The van der Waals surface area contributed by atoms with Crippen LogP contribution in [0, 0.1) is 11.8 Å². The molecule has 4 atom stereocenters. The Morgan fingerprint density at radius 3 is 2.54 bits per heavy atom. The molecular weight excluding hydrogens is 296 g/mol. The highest BCUT2D eigenvalue weighted by Crippen LogP contribution is 2.30. The number of rotatable bonds is 5. The van der Waals surface area contributed by atoms with Crippen molar-refractivity contribution in [3.8, 4) is 0 Å². The van der Waals surface area contributed by atoms with Gasteiger partial charge in [-0.1, -0.05) is 57.0 Å². The van der Waals surface area contributed by atoms with Crippen LogP contribution in [-0.4, -0.2) is 16.5 Å². The van der Waals surface area contributed by atoms with Crippen LogP contribution in [0.2, 0.25) is 0 Å². The predicted octanol–water partition coefficient (Wildman–Crippen LogP) is 4.21. The monoisotopic (exact) mass is 324 g/mol. The van der Waals surface area contributed by atoms with E-state index in [1.165, 1.54) is 18.4 Å². The van der Waals surface area contributed by atoms with E-state index in [1.807, 2.05) is 47.3 Å². The third-order valence-corrected chi connectivity index (χ3v) is 5.60. The molecule has 0 aliphatic heterocycles. The minimum Gasteiger partial charge on any atom is -0.351 e. The fourth-order valence-electron chi connectivity index (χ4n) is 3.79. The maximum absolute atomic E-state index is 13.0. The maximum Gasteiger partial charge on any atom is 0.243 e. The van der Waals surface area contributed by atoms with E-state index in [2.05, 4.69) is 31.3 Å². The van der Waals surface area contributed by atoms with E-state index in [4.69, 9.17) is 0 Å². The van der Waals surface area contributed by atoms with Gasteiger partial charge in [0.15, 0.2) is 0 Å². The molecule has 1 aliphatic carbocycles. The average Bonchev–Trinajstić information content (AvgIpc) is 3.12. The molecule has 1 aromatic heterocycles. The first-order valence-corrected chi connectivity index (χ1v) is 9.12. The van der Waals surface area contributed by atoms with Gasteiger partial charge in [-0.3, -0.25) is 4.79 Å². The average molecular weight is 324 g/mol. The molecule has 1 saturated carbocycles. The van der Waals surface area contributed by atoms with Gasteiger partial charge < -0.3 is 9.88 Å². The first-order valence-electron chi connectivity index (χ1n) is 9.12. The predicted molar refractivity (Wildman–Crippen MR) is 97.7 cm³/mol. The molecule has 3 heteroatoms. The van der Waals surface area contributed by atoms with Crippen LogP contribution in [0.5, 0.6) is 0 Å². The Morgan fingerprint density at radius 2 is 1.83 bits per heavy atom. The summed E-state index contributed by atoms with van der Waals surface area (Å²) in [4.78, 5) is 13.0. The van der Waals surface area contributed by atoms with Crippen LogP contribution in [0.3, 0.4) is 0 Å². The Labute approximate surface area is 145 Å². The summed E-state index contributed by atoms with van der Waals surface area (Å²) in [7, 11) is 0. The molecule has 1 heterocycles. The number of nitrogens with zero attached hydrogens (tertiary/aromatic N) is 1. The summed E-state index contributed by atoms with van der Waals surface area (Å²) in [5, 5.41) is 3.35. The van der Waals surface area contributed by atoms with Crippen molar-refractivity contribution < 1.29 is 4.79 Å². The molecule has 24 heavy (non-hydrogen) atoms. The van der Waals surface area contributed by atoms with Crippen LogP contribution in [0.15, 0.2) is 54.9 Å². The Morgan fingerprint density at radius 1 is 1.12 bits per heavy atom. The highest BCUT2D eigenvalue weighted by atomic mass is 16.2. The quantitative estimate of drug-likeness (QED) is 0.878. The number of carbonyl (C=O) groups is 1. The van der Waals surface area contributed by atoms with Crippen LogP contribution in [0.25, 0.3) is 0 Å². The second kappa shape index (κ2) is 7.69. The van der Waals surface area contributed by atoms with Crippen LogP contribution in [-0.2, 0) is 11.2 Å². The highest BCUT2D eigenvalue weighted by Gasteiger charge is 2.30. The van der Waals surface area contributed by atoms with Gasteiger partial charge in [0.2, 0.25) is 5.91 Å². The Kier molecular flexibility index (Phi) is 5.39. The second-order valence-corrected chi connectivity index (χ2v) is 7.22. The SMILES string of the molecule is C[C@@H]1[C@H](C)CCC[C@@H]1NC(=O)[C@H](Cc1ccccc1)n1cccc1. The zero-order valence-corrected chi connectivity index (χ0v) is 14.7. The standard InChI is InChI=1S/C21H28N2O/c1-16-9-8-12-19(17(16)2)22-21(24)20(23-13-6-7-14-23)15-18-10-4-3-5-11-18/h3-7,10-11,13-14,16-17,19-20H,8-9,12,15H2,1-2H3,(H,22,24)/t16-,17-,19+,20+/m1/s1. The van der Waals surface area contributed by atoms with E-state index in [-0.39, 0.29) is 11.9 Å². The van der Waals surface area contributed by atoms with Gasteiger partial charge in [0, 0.05) is 24.9 Å². The zero-order valence-electron chi connectivity index (χ0n) is 14.7. The van der Waals surface area contributed by atoms with E-state index in [0.717, 1.165) is 12.8 Å². The summed E-state index contributed by atoms with van der Waals surface area (Å²) in [6.07, 6.45) is 8.28. The van der Waals surface area contributed by atoms with Gasteiger partial charge in [-0.2, -0.15) is 0 Å². The maximum atomic E-state index is 13.0. The molecule has 128 valence electrons. The summed E-state index contributed by atoms with van der Waals surface area (Å²) in [5.74, 6) is 1.37. The minimum atomic E-state index is -0.188. The number of hydrogen-bond acceptors (Lipinski definition) is 1. The van der Waals surface area contributed by atoms with Gasteiger partial charge >= 0.3 is 0 Å². The molecule has 2 aromatic rings. The van der Waals surface area contributed by atoms with Crippen LogP contribution >= 0.6 is 0 Å². The van der Waals surface area contributed by atoms with Crippen molar-refractivity contribution in [3.63, 3.8) is 0 Å². The smallest absolute Gasteiger partial charge is 0.243 e. The molecule has 1 amide bonds. The van der Waals surface area contributed by atoms with Gasteiger partial charge in [-0.15, -0.1) is 0 Å². The molecular formula is C21H28N2O. The van der Waals surface area contributed by atoms with Crippen molar-refractivity contribution in [1.82, 2.24) is 9.88 Å². The number of nitrogens with one attached hydrogen (secondary N) is 1. The number of carbonyl (C=O) groups excluding carboxylic acids is 1. The van der Waals surface area contributed by atoms with Gasteiger partial charge in [0.1, 0.15) is 6.04 Å². The zero-order chi connectivity index (χ0) is 16.9. The fourth-order valence-corrected chi connectivity index (χ4v) is 3.79. The van der Waals surface area contributed by atoms with E-state index < -0.39 is 0 Å². The number of benzene rings is 1. The fraction of sp³-hybridized carbons (Fsp3) is 0.476. The molecule has 1 aromatic carbocycles. The van der Waals surface area contributed by atoms with Gasteiger partial charge in [-0.05, 0) is 36.0 Å².